The van der Waals surface area contributed by atoms with Crippen LogP contribution in [0.3, 0.4) is 0 Å². The zero-order chi connectivity index (χ0) is 8.65. The van der Waals surface area contributed by atoms with Crippen molar-refractivity contribution in [2.75, 3.05) is 0 Å². The second-order valence-corrected chi connectivity index (χ2v) is 4.15. The molecule has 0 radical (unpaired) electrons. The van der Waals surface area contributed by atoms with Crippen LogP contribution in [0.15, 0.2) is 0 Å². The van der Waals surface area contributed by atoms with Crippen LogP contribution < -0.4 is 0 Å². The Hall–Kier alpha value is -0.370. The maximum atomic E-state index is 11.1. The van der Waals surface area contributed by atoms with Crippen molar-refractivity contribution in [2.45, 2.75) is 32.1 Å². The van der Waals surface area contributed by atoms with Gasteiger partial charge in [0.2, 0.25) is 0 Å². The number of hydrogen-bond donors (Lipinski definition) is 0. The number of carbonyl (C=O) groups is 2. The van der Waals surface area contributed by atoms with Crippen LogP contribution in [-0.2, 0) is 9.59 Å². The highest BCUT2D eigenvalue weighted by Crippen LogP contribution is 2.35. The average molecular weight is 175 g/mol. The molecule has 3 heteroatoms. The van der Waals surface area contributed by atoms with Gasteiger partial charge in [0.15, 0.2) is 5.78 Å². The van der Waals surface area contributed by atoms with Crippen LogP contribution in [0.2, 0.25) is 0 Å². The lowest BCUT2D eigenvalue weighted by Gasteiger charge is -2.32. The van der Waals surface area contributed by atoms with Crippen molar-refractivity contribution in [1.29, 1.82) is 0 Å². The molecule has 0 N–H and O–H groups in total. The number of hydrogen-bond acceptors (Lipinski definition) is 2. The maximum absolute atomic E-state index is 11.1. The Bertz CT molecular complexity index is 208. The zero-order valence-electron chi connectivity index (χ0n) is 6.69. The molecule has 11 heavy (non-hydrogen) atoms. The van der Waals surface area contributed by atoms with Crippen LogP contribution in [0.25, 0.3) is 0 Å². The first-order chi connectivity index (χ1) is 4.93. The Morgan fingerprint density at radius 3 is 2.45 bits per heavy atom. The summed E-state index contributed by atoms with van der Waals surface area (Å²) < 4.78 is 0. The largest absolute Gasteiger partial charge is 0.299 e. The Morgan fingerprint density at radius 1 is 1.45 bits per heavy atom. The summed E-state index contributed by atoms with van der Waals surface area (Å²) in [5.74, 6) is -0.121. The normalized spacial score (nSPS) is 30.6. The molecule has 1 atom stereocenters. The molecule has 1 rings (SSSR count). The van der Waals surface area contributed by atoms with Gasteiger partial charge in [-0.05, 0) is 5.41 Å². The van der Waals surface area contributed by atoms with Crippen LogP contribution in [0, 0.1) is 5.41 Å². The first-order valence-electron chi connectivity index (χ1n) is 3.62. The summed E-state index contributed by atoms with van der Waals surface area (Å²) in [7, 11) is 0. The molecule has 0 spiro atoms. The van der Waals surface area contributed by atoms with Gasteiger partial charge >= 0.3 is 0 Å². The fraction of sp³-hybridized carbons (Fsp3) is 0.750. The summed E-state index contributed by atoms with van der Waals surface area (Å²) in [5, 5.41) is -0.486. The molecule has 0 heterocycles. The molecule has 1 aliphatic carbocycles. The Balaban J connectivity index is 2.83. The van der Waals surface area contributed by atoms with Gasteiger partial charge in [0, 0.05) is 6.42 Å². The van der Waals surface area contributed by atoms with Gasteiger partial charge in [0.05, 0.1) is 11.8 Å². The van der Waals surface area contributed by atoms with E-state index in [1.807, 2.05) is 13.8 Å². The highest BCUT2D eigenvalue weighted by Gasteiger charge is 2.40. The van der Waals surface area contributed by atoms with Crippen molar-refractivity contribution < 1.29 is 9.59 Å². The van der Waals surface area contributed by atoms with Crippen molar-refractivity contribution >= 4 is 23.2 Å². The highest BCUT2D eigenvalue weighted by atomic mass is 35.5. The van der Waals surface area contributed by atoms with Crippen molar-refractivity contribution in [3.63, 3.8) is 0 Å². The summed E-state index contributed by atoms with van der Waals surface area (Å²) in [6.45, 7) is 3.69. The number of ketones is 2. The molecule has 0 aromatic carbocycles. The van der Waals surface area contributed by atoms with Gasteiger partial charge in [0.1, 0.15) is 5.78 Å². The Kier molecular flexibility index (Phi) is 2.06. The first kappa shape index (κ1) is 8.72. The minimum absolute atomic E-state index is 0.0110. The molecule has 0 aromatic rings. The highest BCUT2D eigenvalue weighted by molar-refractivity contribution is 6.34. The van der Waals surface area contributed by atoms with Gasteiger partial charge in [-0.3, -0.25) is 9.59 Å². The van der Waals surface area contributed by atoms with Gasteiger partial charge in [-0.15, -0.1) is 11.6 Å². The molecule has 1 unspecified atom stereocenters. The lowest BCUT2D eigenvalue weighted by atomic mass is 9.76. The Morgan fingerprint density at radius 2 is 2.00 bits per heavy atom. The summed E-state index contributed by atoms with van der Waals surface area (Å²) in [4.78, 5) is 22.0. The zero-order valence-corrected chi connectivity index (χ0v) is 7.44. The maximum Gasteiger partial charge on any atom is 0.158 e. The fourth-order valence-electron chi connectivity index (χ4n) is 1.38. The molecule has 1 aliphatic rings. The van der Waals surface area contributed by atoms with Crippen LogP contribution in [0.1, 0.15) is 26.7 Å². The number of carbonyl (C=O) groups excluding carboxylic acids is 2. The minimum Gasteiger partial charge on any atom is -0.299 e. The van der Waals surface area contributed by atoms with E-state index in [0.717, 1.165) is 0 Å². The predicted octanol–water partition coefficient (Wildman–Crippen LogP) is 1.55. The van der Waals surface area contributed by atoms with E-state index in [1.54, 1.807) is 0 Å². The second kappa shape index (κ2) is 2.59. The predicted molar refractivity (Wildman–Crippen MR) is 42.7 cm³/mol. The molecule has 0 saturated heterocycles. The van der Waals surface area contributed by atoms with E-state index in [-0.39, 0.29) is 23.4 Å². The van der Waals surface area contributed by atoms with Crippen LogP contribution >= 0.6 is 11.6 Å². The van der Waals surface area contributed by atoms with Crippen molar-refractivity contribution in [3.8, 4) is 0 Å². The second-order valence-electron chi connectivity index (χ2n) is 3.71. The number of halogens is 1. The first-order valence-corrected chi connectivity index (χ1v) is 4.05. The van der Waals surface area contributed by atoms with Crippen molar-refractivity contribution in [1.82, 2.24) is 0 Å². The SMILES string of the molecule is CC1(C)CC(=O)CC(=O)C1Cl. The molecule has 0 amide bonds. The summed E-state index contributed by atoms with van der Waals surface area (Å²) in [6.07, 6.45) is 0.449. The third-order valence-corrected chi connectivity index (χ3v) is 2.83. The van der Waals surface area contributed by atoms with Gasteiger partial charge < -0.3 is 0 Å². The molecule has 0 aromatic heterocycles. The molecule has 0 bridgehead atoms. The van der Waals surface area contributed by atoms with Crippen molar-refractivity contribution in [3.05, 3.63) is 0 Å². The van der Waals surface area contributed by atoms with Gasteiger partial charge in [-0.25, -0.2) is 0 Å². The van der Waals surface area contributed by atoms with Gasteiger partial charge in [-0.2, -0.15) is 0 Å². The van der Waals surface area contributed by atoms with E-state index in [0.29, 0.717) is 6.42 Å². The lowest BCUT2D eigenvalue weighted by molar-refractivity contribution is -0.132. The van der Waals surface area contributed by atoms with Gasteiger partial charge in [0.25, 0.3) is 0 Å². The van der Waals surface area contributed by atoms with Crippen LogP contribution in [0.5, 0.6) is 0 Å². The standard InChI is InChI=1S/C8H11ClO2/c1-8(2)4-5(10)3-6(11)7(8)9/h7H,3-4H2,1-2H3. The van der Waals surface area contributed by atoms with E-state index in [4.69, 9.17) is 11.6 Å². The quantitative estimate of drug-likeness (QED) is 0.413. The molecule has 0 aliphatic heterocycles. The summed E-state index contributed by atoms with van der Waals surface area (Å²) >= 11 is 5.82. The van der Waals surface area contributed by atoms with E-state index in [1.165, 1.54) is 0 Å². The number of Topliss-reactive ketones (excluding diaryl/α,β-unsaturated/α-hetero) is 2. The fourth-order valence-corrected chi connectivity index (χ4v) is 1.53. The number of rotatable bonds is 0. The van der Waals surface area contributed by atoms with E-state index < -0.39 is 5.38 Å². The molecule has 1 saturated carbocycles. The van der Waals surface area contributed by atoms with Crippen LogP contribution in [0.4, 0.5) is 0 Å². The average Bonchev–Trinajstić information content (AvgIpc) is 1.81. The molecule has 62 valence electrons. The molecule has 1 fully saturated rings. The third-order valence-electron chi connectivity index (χ3n) is 1.99. The molecule has 2 nitrogen and oxygen atoms in total. The van der Waals surface area contributed by atoms with E-state index >= 15 is 0 Å². The molecular weight excluding hydrogens is 164 g/mol. The van der Waals surface area contributed by atoms with E-state index in [2.05, 4.69) is 0 Å². The number of alkyl halides is 1. The summed E-state index contributed by atoms with van der Waals surface area (Å²) in [6, 6.07) is 0. The summed E-state index contributed by atoms with van der Waals surface area (Å²) in [5.41, 5.74) is -0.353. The molecular formula is C8H11ClO2. The smallest absolute Gasteiger partial charge is 0.158 e. The van der Waals surface area contributed by atoms with Crippen LogP contribution in [-0.4, -0.2) is 16.9 Å². The minimum atomic E-state index is -0.486. The van der Waals surface area contributed by atoms with E-state index in [9.17, 15) is 9.59 Å². The monoisotopic (exact) mass is 174 g/mol. The lowest BCUT2D eigenvalue weighted by Crippen LogP contribution is -2.40. The topological polar surface area (TPSA) is 34.1 Å². The van der Waals surface area contributed by atoms with Crippen molar-refractivity contribution in [2.24, 2.45) is 5.41 Å². The third kappa shape index (κ3) is 1.62. The Labute approximate surface area is 70.9 Å². The van der Waals surface area contributed by atoms with Gasteiger partial charge in [-0.1, -0.05) is 13.8 Å².